The topological polar surface area (TPSA) is 29.5 Å². The molecule has 17 heavy (non-hydrogen) atoms. The predicted octanol–water partition coefficient (Wildman–Crippen LogP) is 3.46. The van der Waals surface area contributed by atoms with Crippen LogP contribution >= 0.6 is 23.2 Å². The molecule has 0 spiro atoms. The van der Waals surface area contributed by atoms with Crippen LogP contribution in [0.15, 0.2) is 18.2 Å². The Labute approximate surface area is 111 Å². The average Bonchev–Trinajstić information content (AvgIpc) is 2.70. The van der Waals surface area contributed by atoms with Crippen LogP contribution in [-0.4, -0.2) is 23.4 Å². The number of hydrogen-bond acceptors (Lipinski definition) is 2. The Morgan fingerprint density at radius 3 is 2.82 bits per heavy atom. The van der Waals surface area contributed by atoms with Gasteiger partial charge in [-0.2, -0.15) is 0 Å². The fraction of sp³-hybridized carbons (Fsp3) is 0.538. The molecule has 3 atom stereocenters. The molecule has 0 saturated carbocycles. The first kappa shape index (κ1) is 13.2. The summed E-state index contributed by atoms with van der Waals surface area (Å²) >= 11 is 12.0. The van der Waals surface area contributed by atoms with Crippen molar-refractivity contribution in [3.63, 3.8) is 0 Å². The van der Waals surface area contributed by atoms with Gasteiger partial charge in [-0.25, -0.2) is 0 Å². The number of halogens is 2. The van der Waals surface area contributed by atoms with Crippen molar-refractivity contribution < 1.29 is 9.84 Å². The van der Waals surface area contributed by atoms with Crippen LogP contribution in [0.1, 0.15) is 25.3 Å². The van der Waals surface area contributed by atoms with Gasteiger partial charge < -0.3 is 9.84 Å². The number of ether oxygens (including phenoxy) is 1. The number of aliphatic hydroxyl groups excluding tert-OH is 1. The number of benzene rings is 1. The molecular formula is C13H16Cl2O2. The Bertz CT molecular complexity index is 395. The summed E-state index contributed by atoms with van der Waals surface area (Å²) in [7, 11) is 0. The highest BCUT2D eigenvalue weighted by Crippen LogP contribution is 2.27. The molecular weight excluding hydrogens is 259 g/mol. The van der Waals surface area contributed by atoms with E-state index in [-0.39, 0.29) is 12.2 Å². The van der Waals surface area contributed by atoms with E-state index >= 15 is 0 Å². The van der Waals surface area contributed by atoms with E-state index in [1.807, 2.05) is 6.92 Å². The van der Waals surface area contributed by atoms with Crippen molar-refractivity contribution >= 4 is 23.2 Å². The molecule has 1 aromatic carbocycles. The van der Waals surface area contributed by atoms with Gasteiger partial charge in [-0.15, -0.1) is 0 Å². The summed E-state index contributed by atoms with van der Waals surface area (Å²) in [6.07, 6.45) is 2.03. The van der Waals surface area contributed by atoms with Gasteiger partial charge >= 0.3 is 0 Å². The van der Waals surface area contributed by atoms with Crippen LogP contribution < -0.4 is 0 Å². The number of aliphatic hydroxyl groups is 1. The van der Waals surface area contributed by atoms with Gasteiger partial charge in [0.25, 0.3) is 0 Å². The Hall–Kier alpha value is -0.280. The Kier molecular flexibility index (Phi) is 4.31. The highest BCUT2D eigenvalue weighted by molar-refractivity contribution is 6.33. The molecule has 0 radical (unpaired) electrons. The molecule has 1 aliphatic heterocycles. The van der Waals surface area contributed by atoms with Crippen LogP contribution in [0, 0.1) is 0 Å². The second-order valence-corrected chi connectivity index (χ2v) is 5.41. The molecule has 0 bridgehead atoms. The molecule has 1 heterocycles. The zero-order chi connectivity index (χ0) is 12.4. The third kappa shape index (κ3) is 3.35. The number of hydrogen-bond donors (Lipinski definition) is 1. The zero-order valence-electron chi connectivity index (χ0n) is 9.70. The zero-order valence-corrected chi connectivity index (χ0v) is 11.2. The van der Waals surface area contributed by atoms with Gasteiger partial charge in [0.15, 0.2) is 0 Å². The van der Waals surface area contributed by atoms with Gasteiger partial charge in [-0.3, -0.25) is 0 Å². The lowest BCUT2D eigenvalue weighted by atomic mass is 10.0. The molecule has 0 aromatic heterocycles. The second kappa shape index (κ2) is 5.57. The van der Waals surface area contributed by atoms with Crippen molar-refractivity contribution in [3.05, 3.63) is 33.8 Å². The molecule has 2 nitrogen and oxygen atoms in total. The smallest absolute Gasteiger partial charge is 0.0842 e. The molecule has 94 valence electrons. The summed E-state index contributed by atoms with van der Waals surface area (Å²) in [5.74, 6) is 0. The van der Waals surface area contributed by atoms with Crippen molar-refractivity contribution in [1.29, 1.82) is 0 Å². The molecule has 0 aliphatic carbocycles. The summed E-state index contributed by atoms with van der Waals surface area (Å²) in [6.45, 7) is 2.03. The Morgan fingerprint density at radius 1 is 1.41 bits per heavy atom. The van der Waals surface area contributed by atoms with Gasteiger partial charge in [0.2, 0.25) is 0 Å². The van der Waals surface area contributed by atoms with E-state index in [9.17, 15) is 5.11 Å². The minimum atomic E-state index is -0.518. The van der Waals surface area contributed by atoms with Crippen molar-refractivity contribution in [1.82, 2.24) is 0 Å². The lowest BCUT2D eigenvalue weighted by molar-refractivity contribution is -0.0278. The molecule has 0 amide bonds. The maximum absolute atomic E-state index is 10.1. The summed E-state index contributed by atoms with van der Waals surface area (Å²) in [6, 6.07) is 5.30. The lowest BCUT2D eigenvalue weighted by Gasteiger charge is -2.19. The van der Waals surface area contributed by atoms with E-state index in [2.05, 4.69) is 0 Å². The molecule has 1 aliphatic rings. The molecule has 1 aromatic rings. The maximum atomic E-state index is 10.1. The van der Waals surface area contributed by atoms with Gasteiger partial charge in [0.05, 0.1) is 18.3 Å². The normalized spacial score (nSPS) is 26.1. The first-order valence-electron chi connectivity index (χ1n) is 5.83. The van der Waals surface area contributed by atoms with Crippen LogP contribution in [0.4, 0.5) is 0 Å². The van der Waals surface area contributed by atoms with Crippen molar-refractivity contribution in [3.8, 4) is 0 Å². The summed E-state index contributed by atoms with van der Waals surface area (Å²) in [5.41, 5.74) is 0.870. The molecule has 4 heteroatoms. The fourth-order valence-corrected chi connectivity index (χ4v) is 2.56. The predicted molar refractivity (Wildman–Crippen MR) is 69.7 cm³/mol. The van der Waals surface area contributed by atoms with E-state index in [0.717, 1.165) is 18.4 Å². The summed E-state index contributed by atoms with van der Waals surface area (Å²) in [4.78, 5) is 0. The van der Waals surface area contributed by atoms with E-state index in [1.54, 1.807) is 18.2 Å². The summed E-state index contributed by atoms with van der Waals surface area (Å²) in [5, 5.41) is 11.4. The SMILES string of the molecule is CC1CCC(C(O)Cc2cc(Cl)ccc2Cl)O1. The van der Waals surface area contributed by atoms with Crippen LogP contribution in [0.2, 0.25) is 10.0 Å². The van der Waals surface area contributed by atoms with Gasteiger partial charge in [0, 0.05) is 16.5 Å². The van der Waals surface area contributed by atoms with E-state index in [0.29, 0.717) is 16.5 Å². The third-order valence-corrected chi connectivity index (χ3v) is 3.73. The minimum absolute atomic E-state index is 0.0833. The van der Waals surface area contributed by atoms with Crippen LogP contribution in [0.5, 0.6) is 0 Å². The maximum Gasteiger partial charge on any atom is 0.0842 e. The van der Waals surface area contributed by atoms with Crippen LogP contribution in [-0.2, 0) is 11.2 Å². The van der Waals surface area contributed by atoms with Gasteiger partial charge in [-0.1, -0.05) is 23.2 Å². The van der Waals surface area contributed by atoms with Crippen molar-refractivity contribution in [2.45, 2.75) is 44.5 Å². The highest BCUT2D eigenvalue weighted by atomic mass is 35.5. The average molecular weight is 275 g/mol. The largest absolute Gasteiger partial charge is 0.390 e. The lowest BCUT2D eigenvalue weighted by Crippen LogP contribution is -2.28. The number of rotatable bonds is 3. The highest BCUT2D eigenvalue weighted by Gasteiger charge is 2.28. The quantitative estimate of drug-likeness (QED) is 0.915. The van der Waals surface area contributed by atoms with Gasteiger partial charge in [-0.05, 0) is 43.5 Å². The first-order chi connectivity index (χ1) is 8.06. The Balaban J connectivity index is 2.02. The summed E-state index contributed by atoms with van der Waals surface area (Å²) < 4.78 is 5.64. The van der Waals surface area contributed by atoms with E-state index in [4.69, 9.17) is 27.9 Å². The van der Waals surface area contributed by atoms with E-state index < -0.39 is 6.10 Å². The van der Waals surface area contributed by atoms with Crippen LogP contribution in [0.25, 0.3) is 0 Å². The molecule has 2 rings (SSSR count). The van der Waals surface area contributed by atoms with Crippen LogP contribution in [0.3, 0.4) is 0 Å². The van der Waals surface area contributed by atoms with Gasteiger partial charge in [0.1, 0.15) is 0 Å². The van der Waals surface area contributed by atoms with E-state index in [1.165, 1.54) is 0 Å². The molecule has 1 N–H and O–H groups in total. The van der Waals surface area contributed by atoms with Crippen molar-refractivity contribution in [2.24, 2.45) is 0 Å². The van der Waals surface area contributed by atoms with Crippen molar-refractivity contribution in [2.75, 3.05) is 0 Å². The first-order valence-corrected chi connectivity index (χ1v) is 6.59. The second-order valence-electron chi connectivity index (χ2n) is 4.57. The third-order valence-electron chi connectivity index (χ3n) is 3.13. The Morgan fingerprint density at radius 2 is 2.18 bits per heavy atom. The molecule has 3 unspecified atom stereocenters. The standard InChI is InChI=1S/C13H16Cl2O2/c1-8-2-5-13(17-8)12(16)7-9-6-10(14)3-4-11(9)15/h3-4,6,8,12-13,16H,2,5,7H2,1H3. The minimum Gasteiger partial charge on any atom is -0.390 e. The fourth-order valence-electron chi connectivity index (χ4n) is 2.17. The molecule has 1 fully saturated rings. The molecule has 1 saturated heterocycles. The monoisotopic (exact) mass is 274 g/mol.